The molecule has 0 saturated carbocycles. The number of amides is 3. The molecule has 318 valence electrons. The maximum absolute atomic E-state index is 13.4. The summed E-state index contributed by atoms with van der Waals surface area (Å²) in [6.45, 7) is 13.6. The van der Waals surface area contributed by atoms with Gasteiger partial charge in [-0.05, 0) is 62.6 Å². The summed E-state index contributed by atoms with van der Waals surface area (Å²) in [4.78, 5) is 56.1. The van der Waals surface area contributed by atoms with Crippen LogP contribution in [0, 0.1) is 0 Å². The van der Waals surface area contributed by atoms with Gasteiger partial charge in [-0.25, -0.2) is 19.4 Å². The number of benzene rings is 3. The molecule has 0 bridgehead atoms. The molecule has 59 heavy (non-hydrogen) atoms. The minimum Gasteiger partial charge on any atom is -0.461 e. The van der Waals surface area contributed by atoms with Crippen LogP contribution in [0.3, 0.4) is 0 Å². The zero-order valence-corrected chi connectivity index (χ0v) is 36.1. The summed E-state index contributed by atoms with van der Waals surface area (Å²) in [5.41, 5.74) is 3.13. The standard InChI is InChI=1S/C43H58N6O9Si/c1-43(2,3)58-42(53)48-36(26-38(50)56-28-31-15-10-8-11-16-31)39-47-37(27-49(39)30-55-23-24-59(5,6)7)34-20-19-33(46-41(52)54-4)25-35(34)44-21-14-22-45-40(51)57-29-32-17-12-9-13-18-32/h8-13,15-20,25,27,36,44H,14,21-24,26,28-30H2,1-7H3,(H,45,51)(H,46,52)(H,48,53)/t36-/m0/s1. The molecule has 15 nitrogen and oxygen atoms in total. The SMILES string of the molecule is COC(=O)Nc1ccc(-c2cn(COCC[Si](C)(C)C)c([C@H](CC(=O)OCc3ccccc3)NC(=O)OC(C)(C)C)n2)c(NCCCNC(=O)OCc2ccccc2)c1. The summed E-state index contributed by atoms with van der Waals surface area (Å²) in [6.07, 6.45) is 0.187. The molecule has 0 aliphatic carbocycles. The van der Waals surface area contributed by atoms with E-state index in [-0.39, 0.29) is 26.4 Å². The van der Waals surface area contributed by atoms with E-state index in [1.54, 1.807) is 49.7 Å². The molecule has 1 heterocycles. The van der Waals surface area contributed by atoms with Crippen LogP contribution >= 0.6 is 0 Å². The second kappa shape index (κ2) is 22.3. The van der Waals surface area contributed by atoms with Crippen LogP contribution in [0.5, 0.6) is 0 Å². The Morgan fingerprint density at radius 3 is 2.12 bits per heavy atom. The number of anilines is 2. The largest absolute Gasteiger partial charge is 0.461 e. The number of ether oxygens (including phenoxy) is 5. The van der Waals surface area contributed by atoms with E-state index in [1.165, 1.54) is 7.11 Å². The van der Waals surface area contributed by atoms with Crippen molar-refractivity contribution in [2.24, 2.45) is 0 Å². The van der Waals surface area contributed by atoms with E-state index in [9.17, 15) is 19.2 Å². The number of hydrogen-bond acceptors (Lipinski definition) is 11. The van der Waals surface area contributed by atoms with E-state index in [1.807, 2.05) is 60.7 Å². The first kappa shape index (κ1) is 45.8. The number of hydrogen-bond donors (Lipinski definition) is 4. The molecule has 0 spiro atoms. The van der Waals surface area contributed by atoms with Gasteiger partial charge in [0.15, 0.2) is 0 Å². The quantitative estimate of drug-likeness (QED) is 0.0290. The highest BCUT2D eigenvalue weighted by Gasteiger charge is 2.28. The molecule has 16 heteroatoms. The molecular weight excluding hydrogens is 773 g/mol. The lowest BCUT2D eigenvalue weighted by Gasteiger charge is -2.24. The Labute approximate surface area is 347 Å². The van der Waals surface area contributed by atoms with Crippen molar-refractivity contribution in [1.29, 1.82) is 0 Å². The molecule has 0 fully saturated rings. The number of nitrogens with zero attached hydrogens (tertiary/aromatic N) is 2. The Hall–Kier alpha value is -5.87. The van der Waals surface area contributed by atoms with Gasteiger partial charge >= 0.3 is 24.2 Å². The summed E-state index contributed by atoms with van der Waals surface area (Å²) in [7, 11) is -0.138. The lowest BCUT2D eigenvalue weighted by atomic mass is 10.1. The van der Waals surface area contributed by atoms with Crippen LogP contribution in [0.1, 0.15) is 56.6 Å². The first-order chi connectivity index (χ1) is 28.1. The molecule has 0 aliphatic rings. The second-order valence-corrected chi connectivity index (χ2v) is 21.6. The van der Waals surface area contributed by atoms with Crippen molar-refractivity contribution in [3.63, 3.8) is 0 Å². The van der Waals surface area contributed by atoms with Crippen LogP contribution < -0.4 is 21.3 Å². The molecule has 3 amide bonds. The molecule has 1 aromatic heterocycles. The van der Waals surface area contributed by atoms with Crippen LogP contribution in [0.15, 0.2) is 85.1 Å². The number of alkyl carbamates (subject to hydrolysis) is 2. The summed E-state index contributed by atoms with van der Waals surface area (Å²) in [5, 5.41) is 11.7. The number of nitrogens with one attached hydrogen (secondary N) is 4. The highest BCUT2D eigenvalue weighted by Crippen LogP contribution is 2.32. The average Bonchev–Trinajstić information content (AvgIpc) is 3.61. The van der Waals surface area contributed by atoms with Crippen LogP contribution in [0.2, 0.25) is 25.7 Å². The third kappa shape index (κ3) is 16.9. The summed E-state index contributed by atoms with van der Waals surface area (Å²) < 4.78 is 29.3. The average molecular weight is 831 g/mol. The van der Waals surface area contributed by atoms with Gasteiger partial charge in [-0.15, -0.1) is 0 Å². The molecule has 0 saturated heterocycles. The van der Waals surface area contributed by atoms with E-state index < -0.39 is 44.0 Å². The first-order valence-electron chi connectivity index (χ1n) is 19.6. The third-order valence-corrected chi connectivity index (χ3v) is 10.2. The van der Waals surface area contributed by atoms with Gasteiger partial charge in [0, 0.05) is 50.9 Å². The van der Waals surface area contributed by atoms with Gasteiger partial charge in [0.05, 0.1) is 19.2 Å². The molecule has 0 radical (unpaired) electrons. The zero-order chi connectivity index (χ0) is 42.8. The number of carbonyl (C=O) groups is 4. The zero-order valence-electron chi connectivity index (χ0n) is 35.1. The van der Waals surface area contributed by atoms with Crippen molar-refractivity contribution in [3.05, 3.63) is 102 Å². The Bertz CT molecular complexity index is 1960. The van der Waals surface area contributed by atoms with Gasteiger partial charge in [0.25, 0.3) is 0 Å². The molecule has 3 aromatic carbocycles. The number of methoxy groups -OCH3 is 1. The monoisotopic (exact) mass is 830 g/mol. The van der Waals surface area contributed by atoms with E-state index in [0.717, 1.165) is 17.2 Å². The fourth-order valence-electron chi connectivity index (χ4n) is 5.54. The summed E-state index contributed by atoms with van der Waals surface area (Å²) >= 11 is 0. The Morgan fingerprint density at radius 1 is 0.831 bits per heavy atom. The second-order valence-electron chi connectivity index (χ2n) is 16.0. The van der Waals surface area contributed by atoms with Crippen molar-refractivity contribution >= 4 is 43.7 Å². The Balaban J connectivity index is 1.61. The Morgan fingerprint density at radius 2 is 1.49 bits per heavy atom. The van der Waals surface area contributed by atoms with E-state index in [4.69, 9.17) is 28.7 Å². The Kier molecular flexibility index (Phi) is 17.3. The van der Waals surface area contributed by atoms with Crippen LogP contribution in [0.4, 0.5) is 25.8 Å². The van der Waals surface area contributed by atoms with Crippen molar-refractivity contribution in [2.45, 2.75) is 90.9 Å². The van der Waals surface area contributed by atoms with Crippen LogP contribution in [-0.2, 0) is 48.4 Å². The minimum atomic E-state index is -1.42. The van der Waals surface area contributed by atoms with Gasteiger partial charge in [0.1, 0.15) is 37.4 Å². The van der Waals surface area contributed by atoms with Crippen molar-refractivity contribution in [1.82, 2.24) is 20.2 Å². The van der Waals surface area contributed by atoms with Crippen molar-refractivity contribution in [3.8, 4) is 11.3 Å². The van der Waals surface area contributed by atoms with Crippen LogP contribution in [-0.4, -0.2) is 74.3 Å². The first-order valence-corrected chi connectivity index (χ1v) is 23.3. The topological polar surface area (TPSA) is 180 Å². The fraction of sp³-hybridized carbons (Fsp3) is 0.419. The van der Waals surface area contributed by atoms with Gasteiger partial charge in [-0.1, -0.05) is 80.3 Å². The summed E-state index contributed by atoms with van der Waals surface area (Å²) in [6, 6.07) is 23.9. The third-order valence-electron chi connectivity index (χ3n) is 8.53. The number of esters is 1. The smallest absolute Gasteiger partial charge is 0.411 e. The maximum Gasteiger partial charge on any atom is 0.411 e. The highest BCUT2D eigenvalue weighted by atomic mass is 28.3. The van der Waals surface area contributed by atoms with Gasteiger partial charge in [-0.3, -0.25) is 10.1 Å². The normalized spacial score (nSPS) is 11.8. The summed E-state index contributed by atoms with van der Waals surface area (Å²) in [5.74, 6) is -0.208. The van der Waals surface area contributed by atoms with Gasteiger partial charge in [0.2, 0.25) is 0 Å². The van der Waals surface area contributed by atoms with Crippen molar-refractivity contribution in [2.75, 3.05) is 37.4 Å². The van der Waals surface area contributed by atoms with Gasteiger partial charge < -0.3 is 44.2 Å². The van der Waals surface area contributed by atoms with Crippen molar-refractivity contribution < 1.29 is 42.9 Å². The molecular formula is C43H58N6O9Si. The molecule has 4 rings (SSSR count). The van der Waals surface area contributed by atoms with E-state index >= 15 is 0 Å². The minimum absolute atomic E-state index is 0.0592. The van der Waals surface area contributed by atoms with E-state index in [0.29, 0.717) is 54.6 Å². The lowest BCUT2D eigenvalue weighted by Crippen LogP contribution is -2.37. The number of aromatic nitrogens is 2. The predicted octanol–water partition coefficient (Wildman–Crippen LogP) is 8.47. The van der Waals surface area contributed by atoms with Crippen LogP contribution in [0.25, 0.3) is 11.3 Å². The molecule has 4 aromatic rings. The predicted molar refractivity (Wildman–Crippen MR) is 228 cm³/mol. The lowest BCUT2D eigenvalue weighted by molar-refractivity contribution is -0.145. The molecule has 0 unspecified atom stereocenters. The fourth-order valence-corrected chi connectivity index (χ4v) is 6.30. The number of rotatable bonds is 20. The van der Waals surface area contributed by atoms with Gasteiger partial charge in [-0.2, -0.15) is 0 Å². The molecule has 1 atom stereocenters. The molecule has 0 aliphatic heterocycles. The number of imidazole rings is 1. The maximum atomic E-state index is 13.4. The van der Waals surface area contributed by atoms with E-state index in [2.05, 4.69) is 40.9 Å². The molecule has 4 N–H and O–H groups in total. The highest BCUT2D eigenvalue weighted by molar-refractivity contribution is 6.76. The number of carbonyl (C=O) groups excluding carboxylic acids is 4.